The summed E-state index contributed by atoms with van der Waals surface area (Å²) < 4.78 is 25.8. The molecule has 2 unspecified atom stereocenters. The first-order valence-electron chi connectivity index (χ1n) is 12.4. The number of sulfonamides is 1. The van der Waals surface area contributed by atoms with E-state index in [1.165, 1.54) is 4.31 Å². The Balaban J connectivity index is 1.29. The van der Waals surface area contributed by atoms with Gasteiger partial charge >= 0.3 is 0 Å². The van der Waals surface area contributed by atoms with Gasteiger partial charge in [0.25, 0.3) is 5.91 Å². The van der Waals surface area contributed by atoms with Crippen LogP contribution in [-0.2, 0) is 14.8 Å². The largest absolute Gasteiger partial charge is 0.370 e. The van der Waals surface area contributed by atoms with Gasteiger partial charge in [-0.15, -0.1) is 0 Å². The van der Waals surface area contributed by atoms with E-state index < -0.39 is 10.0 Å². The van der Waals surface area contributed by atoms with Crippen molar-refractivity contribution in [2.24, 2.45) is 17.6 Å². The predicted octanol–water partition coefficient (Wildman–Crippen LogP) is 1.25. The Bertz CT molecular complexity index is 1250. The number of carbonyl (C=O) groups excluding carboxylic acids is 2. The summed E-state index contributed by atoms with van der Waals surface area (Å²) in [6.07, 6.45) is 0.809. The molecule has 3 fully saturated rings. The second-order valence-corrected chi connectivity index (χ2v) is 12.1. The molecule has 5 rings (SSSR count). The van der Waals surface area contributed by atoms with Crippen LogP contribution in [0.15, 0.2) is 30.3 Å². The molecule has 3 atom stereocenters. The summed E-state index contributed by atoms with van der Waals surface area (Å²) in [6.45, 7) is 6.67. The number of aryl methyl sites for hydroxylation is 2. The van der Waals surface area contributed by atoms with Crippen LogP contribution < -0.4 is 10.0 Å². The lowest BCUT2D eigenvalue weighted by molar-refractivity contribution is -0.119. The zero-order valence-corrected chi connectivity index (χ0v) is 21.4. The first kappa shape index (κ1) is 24.6. The Hall–Kier alpha value is -3.05. The van der Waals surface area contributed by atoms with Crippen molar-refractivity contribution in [2.75, 3.05) is 42.8 Å². The van der Waals surface area contributed by atoms with E-state index in [9.17, 15) is 18.0 Å². The minimum atomic E-state index is -3.39. The predicted molar refractivity (Wildman–Crippen MR) is 135 cm³/mol. The number of nitrogens with two attached hydrogens (primary N) is 1. The molecule has 11 heteroatoms. The van der Waals surface area contributed by atoms with E-state index in [0.29, 0.717) is 54.8 Å². The molecule has 1 aromatic carbocycles. The highest BCUT2D eigenvalue weighted by atomic mass is 32.2. The van der Waals surface area contributed by atoms with E-state index in [1.807, 2.05) is 35.2 Å². The van der Waals surface area contributed by atoms with Gasteiger partial charge in [0.05, 0.1) is 22.7 Å². The normalized spacial score (nSPS) is 24.2. The fraction of sp³-hybridized carbons (Fsp3) is 0.520. The quantitative estimate of drug-likeness (QED) is 0.617. The monoisotopic (exact) mass is 512 g/mol. The first-order chi connectivity index (χ1) is 17.1. The smallest absolute Gasteiger partial charge is 0.257 e. The molecule has 0 bridgehead atoms. The highest BCUT2D eigenvalue weighted by molar-refractivity contribution is 7.93. The van der Waals surface area contributed by atoms with Crippen LogP contribution in [0.2, 0.25) is 0 Å². The number of benzene rings is 1. The molecule has 1 aromatic heterocycles. The lowest BCUT2D eigenvalue weighted by Crippen LogP contribution is -2.36. The van der Waals surface area contributed by atoms with Crippen molar-refractivity contribution in [1.29, 1.82) is 0 Å². The molecule has 2 N–H and O–H groups in total. The van der Waals surface area contributed by atoms with Gasteiger partial charge in [0, 0.05) is 45.2 Å². The van der Waals surface area contributed by atoms with Crippen molar-refractivity contribution >= 4 is 27.8 Å². The van der Waals surface area contributed by atoms with Crippen LogP contribution in [0.5, 0.6) is 0 Å². The summed E-state index contributed by atoms with van der Waals surface area (Å²) in [5, 5.41) is 0. The molecular formula is C25H32N6O4S. The number of nitrogens with zero attached hydrogens (tertiary/aromatic N) is 5. The molecule has 4 heterocycles. The van der Waals surface area contributed by atoms with Crippen molar-refractivity contribution in [3.63, 3.8) is 0 Å². The van der Waals surface area contributed by atoms with E-state index in [0.717, 1.165) is 18.7 Å². The molecule has 0 saturated carbocycles. The number of primary amides is 1. The van der Waals surface area contributed by atoms with Gasteiger partial charge in [-0.2, -0.15) is 0 Å². The lowest BCUT2D eigenvalue weighted by Gasteiger charge is -2.29. The molecule has 0 aliphatic carbocycles. The maximum atomic E-state index is 13.5. The van der Waals surface area contributed by atoms with Crippen molar-refractivity contribution in [3.8, 4) is 0 Å². The fourth-order valence-corrected chi connectivity index (χ4v) is 7.37. The zero-order valence-electron chi connectivity index (χ0n) is 20.6. The number of aromatic nitrogens is 2. The van der Waals surface area contributed by atoms with Crippen LogP contribution in [0, 0.1) is 25.7 Å². The number of likely N-dealkylation sites (tertiary alicyclic amines) is 2. The summed E-state index contributed by atoms with van der Waals surface area (Å²) in [5.74, 6) is 0.418. The van der Waals surface area contributed by atoms with E-state index in [-0.39, 0.29) is 36.0 Å². The second kappa shape index (κ2) is 9.44. The minimum Gasteiger partial charge on any atom is -0.370 e. The summed E-state index contributed by atoms with van der Waals surface area (Å²) >= 11 is 0. The topological polar surface area (TPSA) is 130 Å². The van der Waals surface area contributed by atoms with Crippen molar-refractivity contribution in [2.45, 2.75) is 32.7 Å². The maximum Gasteiger partial charge on any atom is 0.257 e. The van der Waals surface area contributed by atoms with Gasteiger partial charge in [-0.25, -0.2) is 22.7 Å². The molecule has 0 spiro atoms. The van der Waals surface area contributed by atoms with Gasteiger partial charge in [0.2, 0.25) is 21.9 Å². The third-order valence-electron chi connectivity index (χ3n) is 7.62. The van der Waals surface area contributed by atoms with E-state index in [2.05, 4.69) is 14.9 Å². The summed E-state index contributed by atoms with van der Waals surface area (Å²) in [7, 11) is -3.39. The van der Waals surface area contributed by atoms with E-state index in [4.69, 9.17) is 5.73 Å². The summed E-state index contributed by atoms with van der Waals surface area (Å²) in [6, 6.07) is 9.89. The Labute approximate surface area is 211 Å². The average Bonchev–Trinajstić information content (AvgIpc) is 3.49. The van der Waals surface area contributed by atoms with Gasteiger partial charge in [-0.1, -0.05) is 30.3 Å². The Morgan fingerprint density at radius 2 is 1.64 bits per heavy atom. The number of anilines is 1. The van der Waals surface area contributed by atoms with Crippen molar-refractivity contribution in [3.05, 3.63) is 52.8 Å². The molecule has 2 aromatic rings. The van der Waals surface area contributed by atoms with E-state index >= 15 is 0 Å². The number of hydrogen-bond acceptors (Lipinski definition) is 7. The standard InChI is InChI=1S/C25H32N6O4S/c1-16-23(17(2)28-25(27-16)31-9-6-10-36(31,34)35)24(33)30-14-19-12-29(13-20(19)15-30)21(11-22(26)32)18-7-4-3-5-8-18/h3-5,7-8,19-21H,6,9-15H2,1-2H3,(H2,26,32)/t19?,20?,21-/m0/s1. The molecule has 0 radical (unpaired) electrons. The fourth-order valence-electron chi connectivity index (χ4n) is 5.92. The maximum absolute atomic E-state index is 13.5. The van der Waals surface area contributed by atoms with Crippen LogP contribution >= 0.6 is 0 Å². The van der Waals surface area contributed by atoms with Gasteiger partial charge < -0.3 is 10.6 Å². The first-order valence-corrected chi connectivity index (χ1v) is 14.0. The molecule has 3 saturated heterocycles. The zero-order chi connectivity index (χ0) is 25.6. The molecule has 192 valence electrons. The molecule has 3 aliphatic heterocycles. The molecular weight excluding hydrogens is 480 g/mol. The van der Waals surface area contributed by atoms with Crippen LogP contribution in [0.4, 0.5) is 5.95 Å². The van der Waals surface area contributed by atoms with Gasteiger partial charge in [-0.05, 0) is 37.7 Å². The number of carbonyl (C=O) groups is 2. The minimum absolute atomic E-state index is 0.0641. The number of rotatable bonds is 6. The van der Waals surface area contributed by atoms with Gasteiger partial charge in [0.1, 0.15) is 0 Å². The highest BCUT2D eigenvalue weighted by Gasteiger charge is 2.44. The molecule has 36 heavy (non-hydrogen) atoms. The third kappa shape index (κ3) is 4.57. The Kier molecular flexibility index (Phi) is 6.46. The van der Waals surface area contributed by atoms with E-state index in [1.54, 1.807) is 13.8 Å². The van der Waals surface area contributed by atoms with Crippen LogP contribution in [-0.4, -0.2) is 78.5 Å². The molecule has 3 aliphatic rings. The Morgan fingerprint density at radius 1 is 1.03 bits per heavy atom. The van der Waals surface area contributed by atoms with Gasteiger partial charge in [-0.3, -0.25) is 14.5 Å². The third-order valence-corrected chi connectivity index (χ3v) is 9.44. The van der Waals surface area contributed by atoms with Crippen LogP contribution in [0.25, 0.3) is 0 Å². The van der Waals surface area contributed by atoms with Crippen LogP contribution in [0.1, 0.15) is 46.2 Å². The second-order valence-electron chi connectivity index (χ2n) is 10.1. The summed E-state index contributed by atoms with van der Waals surface area (Å²) in [4.78, 5) is 38.3. The van der Waals surface area contributed by atoms with Crippen molar-refractivity contribution < 1.29 is 18.0 Å². The molecule has 2 amide bonds. The number of hydrogen-bond donors (Lipinski definition) is 1. The van der Waals surface area contributed by atoms with Crippen LogP contribution in [0.3, 0.4) is 0 Å². The highest BCUT2D eigenvalue weighted by Crippen LogP contribution is 2.38. The number of amides is 2. The Morgan fingerprint density at radius 3 is 2.17 bits per heavy atom. The average molecular weight is 513 g/mol. The summed E-state index contributed by atoms with van der Waals surface area (Å²) in [5.41, 5.74) is 8.08. The van der Waals surface area contributed by atoms with Gasteiger partial charge in [0.15, 0.2) is 0 Å². The lowest BCUT2D eigenvalue weighted by atomic mass is 10.0. The van der Waals surface area contributed by atoms with Crippen molar-refractivity contribution in [1.82, 2.24) is 19.8 Å². The molecule has 10 nitrogen and oxygen atoms in total. The SMILES string of the molecule is Cc1nc(N2CCCS2(=O)=O)nc(C)c1C(=O)N1CC2CN([C@@H](CC(N)=O)c3ccccc3)CC2C1. The number of fused-ring (bicyclic) bond motifs is 1.